The molecule has 1 heterocycles. The van der Waals surface area contributed by atoms with Gasteiger partial charge in [-0.25, -0.2) is 0 Å². The topological polar surface area (TPSA) is 69.6 Å². The van der Waals surface area contributed by atoms with Gasteiger partial charge in [-0.1, -0.05) is 6.92 Å². The molecular formula is C13H24N2O3. The van der Waals surface area contributed by atoms with Crippen molar-refractivity contribution in [2.75, 3.05) is 13.1 Å². The van der Waals surface area contributed by atoms with E-state index >= 15 is 0 Å². The van der Waals surface area contributed by atoms with E-state index in [9.17, 15) is 14.7 Å². The van der Waals surface area contributed by atoms with Gasteiger partial charge in [0.05, 0.1) is 6.54 Å². The standard InChI is InChI=1S/C13H24N2O3/c1-9-5-6-15(10(7-9)12(17)18)8-11(16)14-13(2,3)4/h9-10H,5-8H2,1-4H3,(H,14,16)(H,17,18). The maximum absolute atomic E-state index is 11.8. The zero-order chi connectivity index (χ0) is 13.9. The van der Waals surface area contributed by atoms with E-state index in [1.165, 1.54) is 0 Å². The van der Waals surface area contributed by atoms with Gasteiger partial charge in [0.1, 0.15) is 6.04 Å². The van der Waals surface area contributed by atoms with Gasteiger partial charge in [0.15, 0.2) is 0 Å². The van der Waals surface area contributed by atoms with Crippen molar-refractivity contribution in [2.45, 2.75) is 52.1 Å². The summed E-state index contributed by atoms with van der Waals surface area (Å²) in [7, 11) is 0. The van der Waals surface area contributed by atoms with Crippen molar-refractivity contribution < 1.29 is 14.7 Å². The normalized spacial score (nSPS) is 25.8. The van der Waals surface area contributed by atoms with Crippen LogP contribution in [0.25, 0.3) is 0 Å². The summed E-state index contributed by atoms with van der Waals surface area (Å²) in [5.74, 6) is -0.526. The molecule has 2 N–H and O–H groups in total. The molecule has 0 spiro atoms. The van der Waals surface area contributed by atoms with Crippen LogP contribution in [-0.2, 0) is 9.59 Å². The lowest BCUT2D eigenvalue weighted by Crippen LogP contribution is -2.52. The van der Waals surface area contributed by atoms with Gasteiger partial charge < -0.3 is 10.4 Å². The van der Waals surface area contributed by atoms with Crippen molar-refractivity contribution in [3.63, 3.8) is 0 Å². The minimum atomic E-state index is -0.829. The largest absolute Gasteiger partial charge is 0.480 e. The predicted octanol–water partition coefficient (Wildman–Crippen LogP) is 1.09. The second-order valence-corrected chi connectivity index (χ2v) is 6.25. The molecule has 0 radical (unpaired) electrons. The van der Waals surface area contributed by atoms with Gasteiger partial charge in [-0.15, -0.1) is 0 Å². The van der Waals surface area contributed by atoms with Gasteiger partial charge >= 0.3 is 5.97 Å². The molecule has 5 nitrogen and oxygen atoms in total. The summed E-state index contributed by atoms with van der Waals surface area (Å²) in [5.41, 5.74) is -0.279. The van der Waals surface area contributed by atoms with Crippen LogP contribution in [0, 0.1) is 5.92 Å². The van der Waals surface area contributed by atoms with E-state index in [-0.39, 0.29) is 18.0 Å². The highest BCUT2D eigenvalue weighted by molar-refractivity contribution is 5.80. The van der Waals surface area contributed by atoms with Crippen LogP contribution in [0.15, 0.2) is 0 Å². The Kier molecular flexibility index (Phi) is 4.73. The maximum Gasteiger partial charge on any atom is 0.320 e. The van der Waals surface area contributed by atoms with Gasteiger partial charge in [0.2, 0.25) is 5.91 Å². The summed E-state index contributed by atoms with van der Waals surface area (Å²) in [4.78, 5) is 24.8. The Bertz CT molecular complexity index is 323. The monoisotopic (exact) mass is 256 g/mol. The number of aliphatic carboxylic acids is 1. The van der Waals surface area contributed by atoms with Crippen molar-refractivity contribution >= 4 is 11.9 Å². The Morgan fingerprint density at radius 3 is 2.50 bits per heavy atom. The molecule has 1 saturated heterocycles. The molecule has 18 heavy (non-hydrogen) atoms. The maximum atomic E-state index is 11.8. The first-order valence-electron chi connectivity index (χ1n) is 6.47. The summed E-state index contributed by atoms with van der Waals surface area (Å²) in [5, 5.41) is 12.1. The number of hydrogen-bond donors (Lipinski definition) is 2. The van der Waals surface area contributed by atoms with E-state index in [1.54, 1.807) is 4.90 Å². The lowest BCUT2D eigenvalue weighted by atomic mass is 9.92. The molecule has 2 unspecified atom stereocenters. The molecule has 5 heteroatoms. The number of carbonyl (C=O) groups excluding carboxylic acids is 1. The fourth-order valence-corrected chi connectivity index (χ4v) is 2.28. The summed E-state index contributed by atoms with van der Waals surface area (Å²) in [6.45, 7) is 8.65. The van der Waals surface area contributed by atoms with Gasteiger partial charge in [-0.05, 0) is 46.1 Å². The number of piperidine rings is 1. The van der Waals surface area contributed by atoms with Crippen molar-refractivity contribution in [1.82, 2.24) is 10.2 Å². The van der Waals surface area contributed by atoms with E-state index in [0.717, 1.165) is 6.42 Å². The molecule has 104 valence electrons. The summed E-state index contributed by atoms with van der Waals surface area (Å²) >= 11 is 0. The van der Waals surface area contributed by atoms with Gasteiger partial charge in [-0.3, -0.25) is 14.5 Å². The lowest BCUT2D eigenvalue weighted by molar-refractivity contribution is -0.146. The number of nitrogens with one attached hydrogen (secondary N) is 1. The van der Waals surface area contributed by atoms with Crippen molar-refractivity contribution in [3.8, 4) is 0 Å². The second-order valence-electron chi connectivity index (χ2n) is 6.25. The van der Waals surface area contributed by atoms with Crippen LogP contribution in [0.3, 0.4) is 0 Å². The fraction of sp³-hybridized carbons (Fsp3) is 0.846. The molecular weight excluding hydrogens is 232 g/mol. The van der Waals surface area contributed by atoms with E-state index in [0.29, 0.717) is 18.9 Å². The van der Waals surface area contributed by atoms with E-state index in [1.807, 2.05) is 20.8 Å². The minimum absolute atomic E-state index is 0.108. The fourth-order valence-electron chi connectivity index (χ4n) is 2.28. The lowest BCUT2D eigenvalue weighted by Gasteiger charge is -2.36. The van der Waals surface area contributed by atoms with Crippen molar-refractivity contribution in [2.24, 2.45) is 5.92 Å². The zero-order valence-electron chi connectivity index (χ0n) is 11.7. The van der Waals surface area contributed by atoms with E-state index in [4.69, 9.17) is 0 Å². The smallest absolute Gasteiger partial charge is 0.320 e. The first-order chi connectivity index (χ1) is 8.19. The van der Waals surface area contributed by atoms with Gasteiger partial charge in [0, 0.05) is 5.54 Å². The Hall–Kier alpha value is -1.10. The van der Waals surface area contributed by atoms with Gasteiger partial charge in [-0.2, -0.15) is 0 Å². The highest BCUT2D eigenvalue weighted by atomic mass is 16.4. The number of amides is 1. The van der Waals surface area contributed by atoms with Crippen LogP contribution in [0.2, 0.25) is 0 Å². The van der Waals surface area contributed by atoms with Crippen molar-refractivity contribution in [3.05, 3.63) is 0 Å². The SMILES string of the molecule is CC1CCN(CC(=O)NC(C)(C)C)C(C(=O)O)C1. The third-order valence-electron chi connectivity index (χ3n) is 3.12. The Balaban J connectivity index is 2.59. The Labute approximate surface area is 109 Å². The number of rotatable bonds is 3. The van der Waals surface area contributed by atoms with Crippen LogP contribution in [0.5, 0.6) is 0 Å². The molecule has 0 saturated carbocycles. The number of carboxylic acid groups (broad SMARTS) is 1. The molecule has 1 rings (SSSR count). The molecule has 1 fully saturated rings. The molecule has 0 aromatic carbocycles. The number of carbonyl (C=O) groups is 2. The number of likely N-dealkylation sites (tertiary alicyclic amines) is 1. The average Bonchev–Trinajstić information content (AvgIpc) is 2.17. The molecule has 1 aliphatic rings. The molecule has 0 bridgehead atoms. The third-order valence-corrected chi connectivity index (χ3v) is 3.12. The molecule has 0 aliphatic carbocycles. The molecule has 1 aliphatic heterocycles. The van der Waals surface area contributed by atoms with Crippen LogP contribution < -0.4 is 5.32 Å². The number of carboxylic acids is 1. The van der Waals surface area contributed by atoms with Crippen LogP contribution in [0.1, 0.15) is 40.5 Å². The highest BCUT2D eigenvalue weighted by Crippen LogP contribution is 2.22. The minimum Gasteiger partial charge on any atom is -0.480 e. The number of hydrogen-bond acceptors (Lipinski definition) is 3. The summed E-state index contributed by atoms with van der Waals surface area (Å²) in [6, 6.07) is -0.528. The van der Waals surface area contributed by atoms with Crippen LogP contribution in [-0.4, -0.2) is 46.6 Å². The highest BCUT2D eigenvalue weighted by Gasteiger charge is 2.33. The number of nitrogens with zero attached hydrogens (tertiary/aromatic N) is 1. The quantitative estimate of drug-likeness (QED) is 0.793. The van der Waals surface area contributed by atoms with Crippen molar-refractivity contribution in [1.29, 1.82) is 0 Å². The van der Waals surface area contributed by atoms with E-state index in [2.05, 4.69) is 12.2 Å². The first kappa shape index (κ1) is 15.0. The summed E-state index contributed by atoms with van der Waals surface area (Å²) < 4.78 is 0. The zero-order valence-corrected chi connectivity index (χ0v) is 11.7. The third kappa shape index (κ3) is 4.64. The molecule has 0 aromatic rings. The average molecular weight is 256 g/mol. The Morgan fingerprint density at radius 1 is 1.39 bits per heavy atom. The predicted molar refractivity (Wildman–Crippen MR) is 69.3 cm³/mol. The van der Waals surface area contributed by atoms with Crippen LogP contribution in [0.4, 0.5) is 0 Å². The molecule has 1 amide bonds. The van der Waals surface area contributed by atoms with Gasteiger partial charge in [0.25, 0.3) is 0 Å². The Morgan fingerprint density at radius 2 is 2.00 bits per heavy atom. The molecule has 0 aromatic heterocycles. The summed E-state index contributed by atoms with van der Waals surface area (Å²) in [6.07, 6.45) is 1.57. The molecule has 2 atom stereocenters. The second kappa shape index (κ2) is 5.69. The first-order valence-corrected chi connectivity index (χ1v) is 6.47. The van der Waals surface area contributed by atoms with Crippen LogP contribution >= 0.6 is 0 Å². The van der Waals surface area contributed by atoms with E-state index < -0.39 is 12.0 Å².